The predicted molar refractivity (Wildman–Crippen MR) is 140 cm³/mol. The zero-order valence-electron chi connectivity index (χ0n) is 20.5. The molecule has 184 valence electrons. The van der Waals surface area contributed by atoms with Crippen LogP contribution in [-0.4, -0.2) is 52.3 Å². The number of carbonyl (C=O) groups excluding carboxylic acids is 1. The van der Waals surface area contributed by atoms with Crippen molar-refractivity contribution in [3.05, 3.63) is 96.4 Å². The summed E-state index contributed by atoms with van der Waals surface area (Å²) in [6.07, 6.45) is 8.87. The first-order valence-corrected chi connectivity index (χ1v) is 12.4. The van der Waals surface area contributed by atoms with Gasteiger partial charge in [0.15, 0.2) is 0 Å². The molecule has 7 nitrogen and oxygen atoms in total. The van der Waals surface area contributed by atoms with Gasteiger partial charge in [-0.25, -0.2) is 4.68 Å². The zero-order valence-corrected chi connectivity index (χ0v) is 20.5. The number of amides is 1. The molecule has 1 saturated heterocycles. The number of benzene rings is 2. The molecule has 0 aliphatic carbocycles. The van der Waals surface area contributed by atoms with E-state index in [4.69, 9.17) is 9.84 Å². The second-order valence-electron chi connectivity index (χ2n) is 9.01. The number of ether oxygens (including phenoxy) is 1. The molecule has 1 aliphatic rings. The van der Waals surface area contributed by atoms with Gasteiger partial charge < -0.3 is 10.1 Å². The molecule has 2 aromatic heterocycles. The second kappa shape index (κ2) is 11.2. The van der Waals surface area contributed by atoms with E-state index < -0.39 is 0 Å². The van der Waals surface area contributed by atoms with Crippen molar-refractivity contribution in [3.8, 4) is 22.7 Å². The molecule has 7 heteroatoms. The Morgan fingerprint density at radius 2 is 1.78 bits per heavy atom. The molecule has 3 heterocycles. The summed E-state index contributed by atoms with van der Waals surface area (Å²) < 4.78 is 7.10. The topological polar surface area (TPSA) is 72.3 Å². The van der Waals surface area contributed by atoms with Crippen molar-refractivity contribution in [2.45, 2.75) is 25.3 Å². The largest absolute Gasteiger partial charge is 0.497 e. The average Bonchev–Trinajstić information content (AvgIpc) is 3.41. The fourth-order valence-corrected chi connectivity index (χ4v) is 4.77. The van der Waals surface area contributed by atoms with Gasteiger partial charge in [0.1, 0.15) is 11.4 Å². The summed E-state index contributed by atoms with van der Waals surface area (Å²) in [5.74, 6) is 0.682. The summed E-state index contributed by atoms with van der Waals surface area (Å²) in [7, 11) is 1.67. The molecule has 4 aromatic rings. The van der Waals surface area contributed by atoms with Crippen molar-refractivity contribution in [1.82, 2.24) is 25.0 Å². The van der Waals surface area contributed by atoms with Crippen molar-refractivity contribution in [2.24, 2.45) is 0 Å². The SMILES string of the molecule is COc1ccc([C@@H](CNC(=O)c2cn(-c3ccccc3)nc2-c2cccnc2)N2CCCCC2)cc1. The molecule has 0 bridgehead atoms. The Kier molecular flexibility index (Phi) is 7.38. The standard InChI is InChI=1S/C29H31N5O2/c1-36-25-14-12-22(13-15-25)27(33-17-6-3-7-18-33)20-31-29(35)26-21-34(24-10-4-2-5-11-24)32-28(26)23-9-8-16-30-19-23/h2,4-5,8-16,19,21,27H,3,6-7,17-18,20H2,1H3,(H,31,35)/t27-/m1/s1. The molecule has 2 aromatic carbocycles. The van der Waals surface area contributed by atoms with E-state index in [2.05, 4.69) is 27.3 Å². The number of carbonyl (C=O) groups is 1. The number of methoxy groups -OCH3 is 1. The number of aromatic nitrogens is 3. The Morgan fingerprint density at radius 1 is 1.00 bits per heavy atom. The molecule has 1 atom stereocenters. The lowest BCUT2D eigenvalue weighted by atomic mass is 10.0. The molecule has 0 unspecified atom stereocenters. The van der Waals surface area contributed by atoms with Gasteiger partial charge in [0.05, 0.1) is 24.4 Å². The number of piperidine rings is 1. The Bertz CT molecular complexity index is 1270. The maximum absolute atomic E-state index is 13.6. The van der Waals surface area contributed by atoms with Crippen LogP contribution < -0.4 is 10.1 Å². The van der Waals surface area contributed by atoms with E-state index in [1.165, 1.54) is 24.8 Å². The van der Waals surface area contributed by atoms with E-state index in [0.717, 1.165) is 30.1 Å². The minimum absolute atomic E-state index is 0.0890. The van der Waals surface area contributed by atoms with Gasteiger partial charge in [-0.1, -0.05) is 36.8 Å². The summed E-state index contributed by atoms with van der Waals surface area (Å²) in [6, 6.07) is 21.8. The Balaban J connectivity index is 1.42. The number of hydrogen-bond donors (Lipinski definition) is 1. The van der Waals surface area contributed by atoms with E-state index in [0.29, 0.717) is 17.8 Å². The van der Waals surface area contributed by atoms with Crippen LogP contribution in [0.1, 0.15) is 41.2 Å². The van der Waals surface area contributed by atoms with Crippen LogP contribution in [0.5, 0.6) is 5.75 Å². The molecular formula is C29H31N5O2. The lowest BCUT2D eigenvalue weighted by molar-refractivity contribution is 0.0925. The smallest absolute Gasteiger partial charge is 0.255 e. The van der Waals surface area contributed by atoms with Crippen LogP contribution >= 0.6 is 0 Å². The summed E-state index contributed by atoms with van der Waals surface area (Å²) in [5, 5.41) is 7.97. The van der Waals surface area contributed by atoms with Crippen LogP contribution in [0.4, 0.5) is 0 Å². The first-order chi connectivity index (χ1) is 17.7. The van der Waals surface area contributed by atoms with Gasteiger partial charge in [-0.05, 0) is 67.9 Å². The van der Waals surface area contributed by atoms with Gasteiger partial charge in [-0.3, -0.25) is 14.7 Å². The Labute approximate surface area is 211 Å². The van der Waals surface area contributed by atoms with Gasteiger partial charge in [0.25, 0.3) is 5.91 Å². The minimum atomic E-state index is -0.147. The first kappa shape index (κ1) is 23.8. The summed E-state index contributed by atoms with van der Waals surface area (Å²) in [6.45, 7) is 2.56. The lowest BCUT2D eigenvalue weighted by Gasteiger charge is -2.35. The van der Waals surface area contributed by atoms with Gasteiger partial charge in [0.2, 0.25) is 0 Å². The third-order valence-electron chi connectivity index (χ3n) is 6.70. The van der Waals surface area contributed by atoms with Gasteiger partial charge in [-0.2, -0.15) is 5.10 Å². The highest BCUT2D eigenvalue weighted by Crippen LogP contribution is 2.27. The molecule has 0 saturated carbocycles. The molecule has 1 amide bonds. The van der Waals surface area contributed by atoms with E-state index >= 15 is 0 Å². The van der Waals surface area contributed by atoms with E-state index in [9.17, 15) is 4.79 Å². The van der Waals surface area contributed by atoms with Gasteiger partial charge in [-0.15, -0.1) is 0 Å². The maximum atomic E-state index is 13.6. The van der Waals surface area contributed by atoms with Crippen LogP contribution in [0.15, 0.2) is 85.3 Å². The predicted octanol–water partition coefficient (Wildman–Crippen LogP) is 4.90. The number of rotatable bonds is 8. The molecular weight excluding hydrogens is 450 g/mol. The van der Waals surface area contributed by atoms with Crippen molar-refractivity contribution in [2.75, 3.05) is 26.7 Å². The van der Waals surface area contributed by atoms with E-state index in [1.807, 2.05) is 54.6 Å². The summed E-state index contributed by atoms with van der Waals surface area (Å²) in [4.78, 5) is 20.3. The molecule has 0 radical (unpaired) electrons. The number of hydrogen-bond acceptors (Lipinski definition) is 5. The summed E-state index contributed by atoms with van der Waals surface area (Å²) in [5.41, 5.74) is 4.01. The fourth-order valence-electron chi connectivity index (χ4n) is 4.77. The van der Waals surface area contributed by atoms with Crippen molar-refractivity contribution < 1.29 is 9.53 Å². The second-order valence-corrected chi connectivity index (χ2v) is 9.01. The highest BCUT2D eigenvalue weighted by atomic mass is 16.5. The normalized spacial score (nSPS) is 14.8. The van der Waals surface area contributed by atoms with Crippen LogP contribution in [0.2, 0.25) is 0 Å². The monoisotopic (exact) mass is 481 g/mol. The van der Waals surface area contributed by atoms with Crippen LogP contribution in [0.3, 0.4) is 0 Å². The molecule has 5 rings (SSSR count). The fraction of sp³-hybridized carbons (Fsp3) is 0.276. The molecule has 1 N–H and O–H groups in total. The number of likely N-dealkylation sites (tertiary alicyclic amines) is 1. The van der Waals surface area contributed by atoms with Crippen molar-refractivity contribution >= 4 is 5.91 Å². The molecule has 1 fully saturated rings. The zero-order chi connectivity index (χ0) is 24.7. The molecule has 36 heavy (non-hydrogen) atoms. The average molecular weight is 482 g/mol. The quantitative estimate of drug-likeness (QED) is 0.388. The van der Waals surface area contributed by atoms with Crippen LogP contribution in [-0.2, 0) is 0 Å². The number of nitrogens with one attached hydrogen (secondary N) is 1. The maximum Gasteiger partial charge on any atom is 0.255 e. The molecule has 1 aliphatic heterocycles. The Hall–Kier alpha value is -3.97. The third kappa shape index (κ3) is 5.31. The number of pyridine rings is 1. The first-order valence-electron chi connectivity index (χ1n) is 12.4. The van der Waals surface area contributed by atoms with Crippen LogP contribution in [0, 0.1) is 0 Å². The third-order valence-corrected chi connectivity index (χ3v) is 6.70. The van der Waals surface area contributed by atoms with E-state index in [1.54, 1.807) is 30.4 Å². The van der Waals surface area contributed by atoms with Gasteiger partial charge in [0, 0.05) is 30.7 Å². The Morgan fingerprint density at radius 3 is 2.47 bits per heavy atom. The van der Waals surface area contributed by atoms with Crippen molar-refractivity contribution in [1.29, 1.82) is 0 Å². The van der Waals surface area contributed by atoms with Crippen LogP contribution in [0.25, 0.3) is 16.9 Å². The van der Waals surface area contributed by atoms with Crippen molar-refractivity contribution in [3.63, 3.8) is 0 Å². The lowest BCUT2D eigenvalue weighted by Crippen LogP contribution is -2.40. The number of para-hydroxylation sites is 1. The highest BCUT2D eigenvalue weighted by molar-refractivity contribution is 5.99. The summed E-state index contributed by atoms with van der Waals surface area (Å²) >= 11 is 0. The number of nitrogens with zero attached hydrogens (tertiary/aromatic N) is 4. The molecule has 0 spiro atoms. The van der Waals surface area contributed by atoms with E-state index in [-0.39, 0.29) is 11.9 Å². The van der Waals surface area contributed by atoms with Gasteiger partial charge >= 0.3 is 0 Å². The highest BCUT2D eigenvalue weighted by Gasteiger charge is 2.25. The minimum Gasteiger partial charge on any atom is -0.497 e.